The molecule has 17 heavy (non-hydrogen) atoms. The van der Waals surface area contributed by atoms with E-state index in [-0.39, 0.29) is 16.8 Å². The minimum Gasteiger partial charge on any atom is -0.478 e. The van der Waals surface area contributed by atoms with Crippen LogP contribution in [-0.4, -0.2) is 21.3 Å². The number of alkyl halides is 1. The van der Waals surface area contributed by atoms with Crippen molar-refractivity contribution in [1.29, 1.82) is 0 Å². The molecule has 0 radical (unpaired) electrons. The van der Waals surface area contributed by atoms with Crippen LogP contribution in [0.1, 0.15) is 21.5 Å². The average Bonchev–Trinajstić information content (AvgIpc) is 2.26. The van der Waals surface area contributed by atoms with Gasteiger partial charge in [-0.1, -0.05) is 28.1 Å². The molecule has 0 heterocycles. The fourth-order valence-corrected chi connectivity index (χ4v) is 1.60. The lowest BCUT2D eigenvalue weighted by atomic mass is 10.0. The lowest BCUT2D eigenvalue weighted by Gasteiger charge is -2.04. The number of hydrogen-bond donors (Lipinski definition) is 1. The first kappa shape index (κ1) is 13.4. The molecule has 90 valence electrons. The van der Waals surface area contributed by atoms with Gasteiger partial charge < -0.3 is 5.11 Å². The van der Waals surface area contributed by atoms with Crippen LogP contribution >= 0.6 is 15.9 Å². The largest absolute Gasteiger partial charge is 0.478 e. The van der Waals surface area contributed by atoms with Crippen LogP contribution in [0.2, 0.25) is 0 Å². The fraction of sp³-hybridized carbons (Fsp3) is 0.182. The molecule has 6 heteroatoms. The fourth-order valence-electron chi connectivity index (χ4n) is 1.41. The molecule has 1 rings (SSSR count). The summed E-state index contributed by atoms with van der Waals surface area (Å²) in [5, 5.41) is 20.4. The molecule has 1 aromatic rings. The predicted molar refractivity (Wildman–Crippen MR) is 67.6 cm³/mol. The summed E-state index contributed by atoms with van der Waals surface area (Å²) in [6, 6.07) is 2.78. The Morgan fingerprint density at radius 3 is 2.71 bits per heavy atom. The van der Waals surface area contributed by atoms with Gasteiger partial charge in [0.05, 0.1) is 10.5 Å². The van der Waals surface area contributed by atoms with Crippen LogP contribution in [0.4, 0.5) is 5.69 Å². The van der Waals surface area contributed by atoms with Crippen LogP contribution < -0.4 is 0 Å². The van der Waals surface area contributed by atoms with Crippen molar-refractivity contribution in [2.75, 3.05) is 5.33 Å². The van der Waals surface area contributed by atoms with Crippen LogP contribution in [0.25, 0.3) is 6.08 Å². The lowest BCUT2D eigenvalue weighted by Crippen LogP contribution is -2.03. The summed E-state index contributed by atoms with van der Waals surface area (Å²) in [6.07, 6.45) is 3.37. The predicted octanol–water partition coefficient (Wildman–Crippen LogP) is 3.01. The molecule has 0 atom stereocenters. The number of nitro groups is 1. The summed E-state index contributed by atoms with van der Waals surface area (Å²) in [5.74, 6) is -1.17. The van der Waals surface area contributed by atoms with E-state index in [1.807, 2.05) is 0 Å². The Labute approximate surface area is 106 Å². The number of aromatic carboxylic acids is 1. The summed E-state index contributed by atoms with van der Waals surface area (Å²) < 4.78 is 0. The molecule has 5 nitrogen and oxygen atoms in total. The van der Waals surface area contributed by atoms with Crippen molar-refractivity contribution in [2.45, 2.75) is 6.92 Å². The number of hydrogen-bond acceptors (Lipinski definition) is 3. The molecule has 0 amide bonds. The van der Waals surface area contributed by atoms with Gasteiger partial charge >= 0.3 is 5.97 Å². The van der Waals surface area contributed by atoms with Crippen molar-refractivity contribution in [1.82, 2.24) is 0 Å². The van der Waals surface area contributed by atoms with Crippen molar-refractivity contribution in [3.05, 3.63) is 45.0 Å². The molecule has 0 fully saturated rings. The van der Waals surface area contributed by atoms with Crippen molar-refractivity contribution in [3.8, 4) is 0 Å². The normalized spacial score (nSPS) is 10.7. The second-order valence-corrected chi connectivity index (χ2v) is 3.98. The number of nitro benzene ring substituents is 1. The first-order valence-corrected chi connectivity index (χ1v) is 5.84. The van der Waals surface area contributed by atoms with Crippen LogP contribution in [0.5, 0.6) is 0 Å². The van der Waals surface area contributed by atoms with Crippen molar-refractivity contribution >= 4 is 33.7 Å². The maximum atomic E-state index is 11.0. The Hall–Kier alpha value is -1.69. The Balaban J connectivity index is 3.41. The van der Waals surface area contributed by atoms with Gasteiger partial charge in [-0.05, 0) is 18.6 Å². The zero-order chi connectivity index (χ0) is 13.0. The summed E-state index contributed by atoms with van der Waals surface area (Å²) in [5.41, 5.74) is 0.435. The van der Waals surface area contributed by atoms with Crippen LogP contribution in [-0.2, 0) is 0 Å². The molecule has 0 spiro atoms. The number of nitrogens with zero attached hydrogens (tertiary/aromatic N) is 1. The van der Waals surface area contributed by atoms with E-state index in [4.69, 9.17) is 5.11 Å². The molecule has 0 aliphatic carbocycles. The Kier molecular flexibility index (Phi) is 4.39. The molecule has 0 unspecified atom stereocenters. The van der Waals surface area contributed by atoms with Crippen LogP contribution in [0.3, 0.4) is 0 Å². The molecule has 0 aromatic heterocycles. The van der Waals surface area contributed by atoms with Gasteiger partial charge in [-0.3, -0.25) is 10.1 Å². The first-order valence-electron chi connectivity index (χ1n) is 4.72. The van der Waals surface area contributed by atoms with Crippen molar-refractivity contribution < 1.29 is 14.8 Å². The highest BCUT2D eigenvalue weighted by molar-refractivity contribution is 9.09. The van der Waals surface area contributed by atoms with Crippen LogP contribution in [0, 0.1) is 17.0 Å². The average molecular weight is 300 g/mol. The third-order valence-electron chi connectivity index (χ3n) is 2.23. The van der Waals surface area contributed by atoms with E-state index in [0.717, 1.165) is 0 Å². The van der Waals surface area contributed by atoms with Gasteiger partial charge in [-0.2, -0.15) is 0 Å². The molecular formula is C11H10BrNO4. The number of carboxylic acids is 1. The zero-order valence-corrected chi connectivity index (χ0v) is 10.6. The summed E-state index contributed by atoms with van der Waals surface area (Å²) in [7, 11) is 0. The minimum absolute atomic E-state index is 0.0478. The second kappa shape index (κ2) is 5.58. The topological polar surface area (TPSA) is 80.4 Å². The third-order valence-corrected chi connectivity index (χ3v) is 2.60. The van der Waals surface area contributed by atoms with Crippen LogP contribution in [0.15, 0.2) is 18.2 Å². The van der Waals surface area contributed by atoms with E-state index in [0.29, 0.717) is 10.9 Å². The van der Waals surface area contributed by atoms with E-state index < -0.39 is 10.9 Å². The smallest absolute Gasteiger partial charge is 0.336 e. The summed E-state index contributed by atoms with van der Waals surface area (Å²) in [6.45, 7) is 1.43. The molecule has 0 aliphatic heterocycles. The zero-order valence-electron chi connectivity index (χ0n) is 9.01. The monoisotopic (exact) mass is 299 g/mol. The standard InChI is InChI=1S/C11H10BrNO4/c1-7-9(11(14)15)5-8(3-2-4-12)6-10(7)13(16)17/h2-3,5-6H,4H2,1H3,(H,14,15). The number of halogens is 1. The second-order valence-electron chi connectivity index (χ2n) is 3.33. The number of allylic oxidation sites excluding steroid dienone is 1. The third kappa shape index (κ3) is 3.13. The van der Waals surface area contributed by atoms with E-state index in [1.54, 1.807) is 12.2 Å². The quantitative estimate of drug-likeness (QED) is 0.526. The maximum absolute atomic E-state index is 11.0. The lowest BCUT2D eigenvalue weighted by molar-refractivity contribution is -0.385. The highest BCUT2D eigenvalue weighted by Gasteiger charge is 2.19. The minimum atomic E-state index is -1.17. The van der Waals surface area contributed by atoms with Crippen molar-refractivity contribution in [2.24, 2.45) is 0 Å². The van der Waals surface area contributed by atoms with E-state index in [2.05, 4.69) is 15.9 Å². The Morgan fingerprint density at radius 2 is 2.24 bits per heavy atom. The first-order chi connectivity index (χ1) is 7.97. The number of benzene rings is 1. The van der Waals surface area contributed by atoms with E-state index in [1.165, 1.54) is 19.1 Å². The molecule has 0 bridgehead atoms. The molecule has 0 saturated heterocycles. The van der Waals surface area contributed by atoms with Gasteiger partial charge in [-0.25, -0.2) is 4.79 Å². The van der Waals surface area contributed by atoms with Crippen molar-refractivity contribution in [3.63, 3.8) is 0 Å². The van der Waals surface area contributed by atoms with Gasteiger partial charge in [-0.15, -0.1) is 0 Å². The van der Waals surface area contributed by atoms with Gasteiger partial charge in [0.2, 0.25) is 0 Å². The number of carboxylic acid groups (broad SMARTS) is 1. The molecule has 1 aromatic carbocycles. The van der Waals surface area contributed by atoms with Gasteiger partial charge in [0, 0.05) is 17.0 Å². The molecule has 0 saturated carbocycles. The van der Waals surface area contributed by atoms with Gasteiger partial charge in [0.25, 0.3) is 5.69 Å². The maximum Gasteiger partial charge on any atom is 0.336 e. The summed E-state index contributed by atoms with van der Waals surface area (Å²) >= 11 is 3.18. The van der Waals surface area contributed by atoms with Gasteiger partial charge in [0.15, 0.2) is 0 Å². The number of rotatable bonds is 4. The van der Waals surface area contributed by atoms with Gasteiger partial charge in [0.1, 0.15) is 0 Å². The SMILES string of the molecule is Cc1c(C(=O)O)cc(C=CCBr)cc1[N+](=O)[O-]. The van der Waals surface area contributed by atoms with E-state index in [9.17, 15) is 14.9 Å². The summed E-state index contributed by atoms with van der Waals surface area (Å²) in [4.78, 5) is 21.2. The molecule has 1 N–H and O–H groups in total. The highest BCUT2D eigenvalue weighted by atomic mass is 79.9. The molecule has 0 aliphatic rings. The molecular weight excluding hydrogens is 290 g/mol. The Bertz CT molecular complexity index is 461. The number of carbonyl (C=O) groups is 1. The highest BCUT2D eigenvalue weighted by Crippen LogP contribution is 2.24. The van der Waals surface area contributed by atoms with E-state index >= 15 is 0 Å². The Morgan fingerprint density at radius 1 is 1.59 bits per heavy atom.